The van der Waals surface area contributed by atoms with Gasteiger partial charge in [-0.3, -0.25) is 0 Å². The minimum atomic E-state index is -2.86. The Morgan fingerprint density at radius 1 is 1.00 bits per heavy atom. The van der Waals surface area contributed by atoms with Gasteiger partial charge in [0.05, 0.1) is 0 Å². The number of hydrogen-bond acceptors (Lipinski definition) is 4. The highest BCUT2D eigenvalue weighted by atomic mass is 19.3. The van der Waals surface area contributed by atoms with E-state index in [-0.39, 0.29) is 17.3 Å². The molecule has 9 heteroatoms. The van der Waals surface area contributed by atoms with Gasteiger partial charge >= 0.3 is 0 Å². The van der Waals surface area contributed by atoms with Crippen molar-refractivity contribution in [3.63, 3.8) is 0 Å². The van der Waals surface area contributed by atoms with Crippen molar-refractivity contribution in [2.45, 2.75) is 6.43 Å². The van der Waals surface area contributed by atoms with Crippen LogP contribution in [-0.4, -0.2) is 19.8 Å². The summed E-state index contributed by atoms with van der Waals surface area (Å²) in [6.07, 6.45) is -2.86. The van der Waals surface area contributed by atoms with E-state index in [1.54, 1.807) is 0 Å². The molecule has 0 saturated heterocycles. The SMILES string of the molecule is Fc1ccc(Oc2ccc3nnc(C(F)F)n3n2)cc1F. The molecule has 0 atom stereocenters. The number of nitrogens with zero attached hydrogens (tertiary/aromatic N) is 4. The maximum atomic E-state index is 13.1. The molecule has 1 aromatic carbocycles. The maximum Gasteiger partial charge on any atom is 0.299 e. The van der Waals surface area contributed by atoms with Crippen LogP contribution in [-0.2, 0) is 0 Å². The average molecular weight is 298 g/mol. The highest BCUT2D eigenvalue weighted by Gasteiger charge is 2.17. The number of benzene rings is 1. The van der Waals surface area contributed by atoms with E-state index in [1.165, 1.54) is 18.2 Å². The molecule has 0 N–H and O–H groups in total. The number of fused-ring (bicyclic) bond motifs is 1. The monoisotopic (exact) mass is 298 g/mol. The predicted octanol–water partition coefficient (Wildman–Crippen LogP) is 3.13. The lowest BCUT2D eigenvalue weighted by Crippen LogP contribution is -2.01. The maximum absolute atomic E-state index is 13.1. The zero-order valence-electron chi connectivity index (χ0n) is 10.2. The normalized spacial score (nSPS) is 11.3. The minimum absolute atomic E-state index is 0.0209. The molecule has 0 aliphatic heterocycles. The van der Waals surface area contributed by atoms with Crippen LogP contribution in [0.25, 0.3) is 5.65 Å². The van der Waals surface area contributed by atoms with Crippen molar-refractivity contribution in [2.24, 2.45) is 0 Å². The molecule has 0 aliphatic rings. The first-order valence-corrected chi connectivity index (χ1v) is 5.68. The van der Waals surface area contributed by atoms with Crippen molar-refractivity contribution < 1.29 is 22.3 Å². The number of halogens is 4. The fraction of sp³-hybridized carbons (Fsp3) is 0.0833. The Hall–Kier alpha value is -2.71. The van der Waals surface area contributed by atoms with Gasteiger partial charge in [0, 0.05) is 12.1 Å². The zero-order chi connectivity index (χ0) is 15.0. The summed E-state index contributed by atoms with van der Waals surface area (Å²) in [5.74, 6) is -2.86. The summed E-state index contributed by atoms with van der Waals surface area (Å²) in [4.78, 5) is 0. The van der Waals surface area contributed by atoms with E-state index in [4.69, 9.17) is 4.74 Å². The molecule has 0 amide bonds. The molecule has 0 radical (unpaired) electrons. The third-order valence-corrected chi connectivity index (χ3v) is 2.57. The summed E-state index contributed by atoms with van der Waals surface area (Å²) in [5.41, 5.74) is 0.114. The van der Waals surface area contributed by atoms with Crippen LogP contribution >= 0.6 is 0 Å². The lowest BCUT2D eigenvalue weighted by molar-refractivity contribution is 0.137. The van der Waals surface area contributed by atoms with E-state index in [1.807, 2.05) is 0 Å². The quantitative estimate of drug-likeness (QED) is 0.697. The molecule has 3 aromatic rings. The smallest absolute Gasteiger partial charge is 0.299 e. The van der Waals surface area contributed by atoms with Crippen molar-refractivity contribution in [1.29, 1.82) is 0 Å². The van der Waals surface area contributed by atoms with Gasteiger partial charge in [-0.15, -0.1) is 15.3 Å². The molecule has 21 heavy (non-hydrogen) atoms. The molecule has 0 fully saturated rings. The molecule has 0 unspecified atom stereocenters. The van der Waals surface area contributed by atoms with Crippen molar-refractivity contribution in [2.75, 3.05) is 0 Å². The average Bonchev–Trinajstić information content (AvgIpc) is 2.86. The van der Waals surface area contributed by atoms with Gasteiger partial charge in [0.2, 0.25) is 11.7 Å². The summed E-state index contributed by atoms with van der Waals surface area (Å²) >= 11 is 0. The number of rotatable bonds is 3. The van der Waals surface area contributed by atoms with Crippen LogP contribution < -0.4 is 4.74 Å². The summed E-state index contributed by atoms with van der Waals surface area (Å²) in [7, 11) is 0. The molecule has 108 valence electrons. The van der Waals surface area contributed by atoms with Crippen LogP contribution in [0.3, 0.4) is 0 Å². The molecule has 2 aromatic heterocycles. The second-order valence-electron chi connectivity index (χ2n) is 3.98. The molecular formula is C12H6F4N4O. The van der Waals surface area contributed by atoms with Crippen LogP contribution in [0.15, 0.2) is 30.3 Å². The Kier molecular flexibility index (Phi) is 3.16. The predicted molar refractivity (Wildman–Crippen MR) is 62.2 cm³/mol. The lowest BCUT2D eigenvalue weighted by Gasteiger charge is -2.05. The van der Waals surface area contributed by atoms with Crippen LogP contribution in [0.2, 0.25) is 0 Å². The van der Waals surface area contributed by atoms with Gasteiger partial charge in [-0.1, -0.05) is 0 Å². The zero-order valence-corrected chi connectivity index (χ0v) is 10.2. The highest BCUT2D eigenvalue weighted by Crippen LogP contribution is 2.23. The molecule has 0 bridgehead atoms. The van der Waals surface area contributed by atoms with E-state index in [2.05, 4.69) is 15.3 Å². The number of alkyl halides is 2. The van der Waals surface area contributed by atoms with Crippen LogP contribution in [0, 0.1) is 11.6 Å². The van der Waals surface area contributed by atoms with E-state index < -0.39 is 23.9 Å². The molecule has 5 nitrogen and oxygen atoms in total. The number of ether oxygens (including phenoxy) is 1. The van der Waals surface area contributed by atoms with Gasteiger partial charge in [-0.05, 0) is 18.2 Å². The Labute approximate surface area is 114 Å². The van der Waals surface area contributed by atoms with E-state index >= 15 is 0 Å². The standard InChI is InChI=1S/C12H6F4N4O/c13-7-2-1-6(5-8(7)14)21-10-4-3-9-17-18-12(11(15)16)20(9)19-10/h1-5,11H. The van der Waals surface area contributed by atoms with Gasteiger partial charge in [0.15, 0.2) is 17.3 Å². The van der Waals surface area contributed by atoms with E-state index in [0.717, 1.165) is 16.6 Å². The van der Waals surface area contributed by atoms with Gasteiger partial charge < -0.3 is 4.74 Å². The molecule has 3 rings (SSSR count). The molecule has 0 aliphatic carbocycles. The van der Waals surface area contributed by atoms with Gasteiger partial charge in [0.25, 0.3) is 6.43 Å². The largest absolute Gasteiger partial charge is 0.437 e. The van der Waals surface area contributed by atoms with Crippen LogP contribution in [0.4, 0.5) is 17.6 Å². The van der Waals surface area contributed by atoms with Crippen molar-refractivity contribution in [1.82, 2.24) is 19.8 Å². The minimum Gasteiger partial charge on any atom is -0.437 e. The van der Waals surface area contributed by atoms with Crippen molar-refractivity contribution >= 4 is 5.65 Å². The summed E-state index contributed by atoms with van der Waals surface area (Å²) in [6, 6.07) is 5.60. The third kappa shape index (κ3) is 2.49. The van der Waals surface area contributed by atoms with Crippen molar-refractivity contribution in [3.05, 3.63) is 47.8 Å². The van der Waals surface area contributed by atoms with Gasteiger partial charge in [-0.2, -0.15) is 4.52 Å². The number of hydrogen-bond donors (Lipinski definition) is 0. The first-order valence-electron chi connectivity index (χ1n) is 5.68. The fourth-order valence-electron chi connectivity index (χ4n) is 1.64. The van der Waals surface area contributed by atoms with Crippen LogP contribution in [0.5, 0.6) is 11.6 Å². The van der Waals surface area contributed by atoms with Crippen LogP contribution in [0.1, 0.15) is 12.2 Å². The van der Waals surface area contributed by atoms with Gasteiger partial charge in [-0.25, -0.2) is 17.6 Å². The summed E-state index contributed by atoms with van der Waals surface area (Å²) < 4.78 is 57.2. The van der Waals surface area contributed by atoms with Crippen molar-refractivity contribution in [3.8, 4) is 11.6 Å². The third-order valence-electron chi connectivity index (χ3n) is 2.57. The fourth-order valence-corrected chi connectivity index (χ4v) is 1.64. The van der Waals surface area contributed by atoms with E-state index in [0.29, 0.717) is 0 Å². The Bertz CT molecular complexity index is 805. The summed E-state index contributed by atoms with van der Waals surface area (Å²) in [5, 5.41) is 10.6. The first kappa shape index (κ1) is 13.3. The first-order chi connectivity index (χ1) is 10.0. The van der Waals surface area contributed by atoms with Gasteiger partial charge in [0.1, 0.15) is 5.75 Å². The Balaban J connectivity index is 1.96. The second kappa shape index (κ2) is 5.00. The second-order valence-corrected chi connectivity index (χ2v) is 3.98. The molecule has 2 heterocycles. The Morgan fingerprint density at radius 2 is 1.81 bits per heavy atom. The Morgan fingerprint density at radius 3 is 2.52 bits per heavy atom. The van der Waals surface area contributed by atoms with E-state index in [9.17, 15) is 17.6 Å². The molecule has 0 spiro atoms. The summed E-state index contributed by atoms with van der Waals surface area (Å²) in [6.45, 7) is 0. The molecule has 0 saturated carbocycles. The lowest BCUT2D eigenvalue weighted by atomic mass is 10.3. The highest BCUT2D eigenvalue weighted by molar-refractivity contribution is 5.38. The topological polar surface area (TPSA) is 52.3 Å². The molecular weight excluding hydrogens is 292 g/mol. The number of aromatic nitrogens is 4.